The van der Waals surface area contributed by atoms with Crippen molar-refractivity contribution < 1.29 is 19.7 Å². The Morgan fingerprint density at radius 1 is 1.20 bits per heavy atom. The minimum atomic E-state index is -0.642. The predicted octanol–water partition coefficient (Wildman–Crippen LogP) is 7.61. The van der Waals surface area contributed by atoms with Crippen LogP contribution in [0.2, 0.25) is 0 Å². The average molecular weight is 515 g/mol. The van der Waals surface area contributed by atoms with Crippen molar-refractivity contribution in [1.29, 1.82) is 0 Å². The van der Waals surface area contributed by atoms with E-state index in [0.717, 1.165) is 60.1 Å². The average Bonchev–Trinajstić information content (AvgIpc) is 3.34. The Bertz CT molecular complexity index is 1070. The molecular weight excluding hydrogens is 476 g/mol. The van der Waals surface area contributed by atoms with Crippen LogP contribution in [0.15, 0.2) is 44.5 Å². The van der Waals surface area contributed by atoms with E-state index in [-0.39, 0.29) is 23.7 Å². The fraction of sp³-hybridized carbons (Fsp3) is 0.552. The van der Waals surface area contributed by atoms with E-state index < -0.39 is 11.6 Å². The highest BCUT2D eigenvalue weighted by atomic mass is 32.2. The minimum Gasteiger partial charge on any atom is -0.511 e. The second-order valence-corrected chi connectivity index (χ2v) is 13.0. The number of thioether (sulfide) groups is 1. The molecule has 0 spiro atoms. The molecule has 4 rings (SSSR count). The fourth-order valence-corrected chi connectivity index (χ4v) is 7.47. The first-order valence-corrected chi connectivity index (χ1v) is 14.5. The van der Waals surface area contributed by atoms with E-state index in [2.05, 4.69) is 37.6 Å². The summed E-state index contributed by atoms with van der Waals surface area (Å²) in [7, 11) is 0. The number of aliphatic hydroxyl groups is 2. The van der Waals surface area contributed by atoms with Crippen LogP contribution in [0, 0.1) is 12.8 Å². The van der Waals surface area contributed by atoms with Gasteiger partial charge in [0, 0.05) is 11.3 Å². The Morgan fingerprint density at radius 2 is 1.94 bits per heavy atom. The molecule has 2 heterocycles. The number of esters is 1. The van der Waals surface area contributed by atoms with E-state index in [1.807, 2.05) is 19.1 Å². The number of aliphatic hydroxyl groups excluding tert-OH is 2. The Labute approximate surface area is 217 Å². The van der Waals surface area contributed by atoms with E-state index in [4.69, 9.17) is 4.74 Å². The normalized spacial score (nSPS) is 21.9. The molecule has 0 saturated heterocycles. The van der Waals surface area contributed by atoms with Gasteiger partial charge in [0.1, 0.15) is 16.3 Å². The van der Waals surface area contributed by atoms with Gasteiger partial charge >= 0.3 is 5.97 Å². The van der Waals surface area contributed by atoms with Crippen LogP contribution in [-0.4, -0.2) is 21.8 Å². The Hall–Kier alpha value is -1.76. The number of thiophene rings is 1. The van der Waals surface area contributed by atoms with E-state index in [9.17, 15) is 15.0 Å². The van der Waals surface area contributed by atoms with Crippen LogP contribution >= 0.6 is 23.1 Å². The third-order valence-electron chi connectivity index (χ3n) is 7.60. The first kappa shape index (κ1) is 26.3. The summed E-state index contributed by atoms with van der Waals surface area (Å²) in [6.45, 7) is 8.30. The number of hydrogen-bond donors (Lipinski definition) is 2. The maximum atomic E-state index is 13.5. The van der Waals surface area contributed by atoms with Gasteiger partial charge in [0.15, 0.2) is 0 Å². The lowest BCUT2D eigenvalue weighted by molar-refractivity contribution is -0.168. The summed E-state index contributed by atoms with van der Waals surface area (Å²) in [6.07, 6.45) is 7.59. The van der Waals surface area contributed by atoms with Crippen LogP contribution in [0.25, 0.3) is 0 Å². The second-order valence-electron chi connectivity index (χ2n) is 11.2. The summed E-state index contributed by atoms with van der Waals surface area (Å²) in [5.41, 5.74) is 3.34. The maximum Gasteiger partial charge on any atom is 0.349 e. The molecule has 190 valence electrons. The van der Waals surface area contributed by atoms with Crippen LogP contribution in [0.1, 0.15) is 88.0 Å². The summed E-state index contributed by atoms with van der Waals surface area (Å²) in [5, 5.41) is 25.3. The van der Waals surface area contributed by atoms with Gasteiger partial charge in [-0.25, -0.2) is 4.79 Å². The van der Waals surface area contributed by atoms with Gasteiger partial charge in [0.05, 0.1) is 6.61 Å². The van der Waals surface area contributed by atoms with E-state index >= 15 is 0 Å². The summed E-state index contributed by atoms with van der Waals surface area (Å²) in [5.74, 6) is 0.0352. The molecule has 1 aliphatic heterocycles. The van der Waals surface area contributed by atoms with Gasteiger partial charge in [-0.1, -0.05) is 57.9 Å². The summed E-state index contributed by atoms with van der Waals surface area (Å²) in [4.78, 5) is 14.7. The second kappa shape index (κ2) is 10.7. The van der Waals surface area contributed by atoms with Gasteiger partial charge in [-0.05, 0) is 89.1 Å². The molecule has 1 fully saturated rings. The fourth-order valence-electron chi connectivity index (χ4n) is 5.52. The van der Waals surface area contributed by atoms with Gasteiger partial charge in [-0.3, -0.25) is 0 Å². The summed E-state index contributed by atoms with van der Waals surface area (Å²) in [6, 6.07) is 6.17. The molecule has 0 unspecified atom stereocenters. The zero-order chi connectivity index (χ0) is 25.2. The molecule has 0 radical (unpaired) electrons. The number of hydrogen-bond acceptors (Lipinski definition) is 6. The Kier molecular flexibility index (Phi) is 8.04. The van der Waals surface area contributed by atoms with E-state index in [1.54, 1.807) is 11.3 Å². The van der Waals surface area contributed by atoms with Crippen molar-refractivity contribution in [3.05, 3.63) is 61.9 Å². The monoisotopic (exact) mass is 514 g/mol. The van der Waals surface area contributed by atoms with Crippen LogP contribution < -0.4 is 0 Å². The molecule has 1 atom stereocenters. The van der Waals surface area contributed by atoms with Crippen molar-refractivity contribution in [2.24, 2.45) is 5.92 Å². The van der Waals surface area contributed by atoms with Crippen molar-refractivity contribution in [3.8, 4) is 0 Å². The first-order chi connectivity index (χ1) is 16.6. The quantitative estimate of drug-likeness (QED) is 0.372. The van der Waals surface area contributed by atoms with Crippen LogP contribution in [0.5, 0.6) is 0 Å². The number of carbonyl (C=O) groups excluding carboxylic acids is 1. The molecule has 2 aliphatic rings. The van der Waals surface area contributed by atoms with Crippen molar-refractivity contribution in [2.45, 2.75) is 102 Å². The SMILES string of the molecule is Cc1cc(SC2=C(O)C[C@@](CCc3ccsc3)(C3CCCCC3)OC2=O)c(C(C)(C)C)cc1CO. The zero-order valence-electron chi connectivity index (χ0n) is 21.4. The van der Waals surface area contributed by atoms with Gasteiger partial charge in [-0.15, -0.1) is 0 Å². The topological polar surface area (TPSA) is 66.8 Å². The number of benzene rings is 1. The predicted molar refractivity (Wildman–Crippen MR) is 144 cm³/mol. The van der Waals surface area contributed by atoms with E-state index in [1.165, 1.54) is 23.7 Å². The van der Waals surface area contributed by atoms with Crippen molar-refractivity contribution >= 4 is 29.1 Å². The largest absolute Gasteiger partial charge is 0.511 e. The van der Waals surface area contributed by atoms with E-state index in [0.29, 0.717) is 11.3 Å². The maximum absolute atomic E-state index is 13.5. The lowest BCUT2D eigenvalue weighted by atomic mass is 9.71. The van der Waals surface area contributed by atoms with Gasteiger partial charge < -0.3 is 14.9 Å². The van der Waals surface area contributed by atoms with Crippen molar-refractivity contribution in [3.63, 3.8) is 0 Å². The van der Waals surface area contributed by atoms with Crippen LogP contribution in [-0.2, 0) is 28.0 Å². The van der Waals surface area contributed by atoms with Crippen LogP contribution in [0.4, 0.5) is 0 Å². The first-order valence-electron chi connectivity index (χ1n) is 12.7. The van der Waals surface area contributed by atoms with Gasteiger partial charge in [0.2, 0.25) is 0 Å². The number of ether oxygens (including phenoxy) is 1. The molecule has 1 aliphatic carbocycles. The molecule has 1 saturated carbocycles. The highest BCUT2D eigenvalue weighted by molar-refractivity contribution is 8.04. The number of aryl methyl sites for hydroxylation is 2. The third kappa shape index (κ3) is 5.81. The highest BCUT2D eigenvalue weighted by Crippen LogP contribution is 2.48. The molecule has 35 heavy (non-hydrogen) atoms. The highest BCUT2D eigenvalue weighted by Gasteiger charge is 2.47. The summed E-state index contributed by atoms with van der Waals surface area (Å²) >= 11 is 2.99. The molecular formula is C29H38O4S2. The number of rotatable bonds is 7. The van der Waals surface area contributed by atoms with Gasteiger partial charge in [0.25, 0.3) is 0 Å². The Balaban J connectivity index is 1.66. The lowest BCUT2D eigenvalue weighted by Crippen LogP contribution is -2.47. The Morgan fingerprint density at radius 3 is 2.54 bits per heavy atom. The molecule has 1 aromatic heterocycles. The number of cyclic esters (lactones) is 1. The summed E-state index contributed by atoms with van der Waals surface area (Å²) < 4.78 is 6.35. The zero-order valence-corrected chi connectivity index (χ0v) is 23.0. The molecule has 0 bridgehead atoms. The molecule has 4 nitrogen and oxygen atoms in total. The van der Waals surface area contributed by atoms with Gasteiger partial charge in [-0.2, -0.15) is 11.3 Å². The van der Waals surface area contributed by atoms with Crippen LogP contribution in [0.3, 0.4) is 0 Å². The molecule has 2 aromatic rings. The molecule has 1 aromatic carbocycles. The third-order valence-corrected chi connectivity index (χ3v) is 9.50. The number of carbonyl (C=O) groups is 1. The molecule has 6 heteroatoms. The smallest absolute Gasteiger partial charge is 0.349 e. The minimum absolute atomic E-state index is 0.0239. The van der Waals surface area contributed by atoms with Crippen molar-refractivity contribution in [1.82, 2.24) is 0 Å². The lowest BCUT2D eigenvalue weighted by Gasteiger charge is -2.44. The molecule has 0 amide bonds. The van der Waals surface area contributed by atoms with Crippen molar-refractivity contribution in [2.75, 3.05) is 0 Å². The molecule has 2 N–H and O–H groups in total. The standard InChI is InChI=1S/C29H38O4S2/c1-19-14-25(23(28(2,3)4)15-21(19)17-30)35-26-24(31)16-29(33-27(26)32,22-8-6-5-7-9-22)12-10-20-11-13-34-18-20/h11,13-15,18,22,30-31H,5-10,12,16-17H2,1-4H3/t29-/m0/s1.